The largest absolute Gasteiger partial charge is 0.619 e. The molecule has 1 unspecified atom stereocenters. The van der Waals surface area contributed by atoms with E-state index < -0.39 is 0 Å². The van der Waals surface area contributed by atoms with Crippen LogP contribution in [0.1, 0.15) is 28.8 Å². The lowest BCUT2D eigenvalue weighted by molar-refractivity contribution is -0.605. The monoisotopic (exact) mass is 339 g/mol. The third kappa shape index (κ3) is 4.57. The Morgan fingerprint density at radius 3 is 2.84 bits per heavy atom. The van der Waals surface area contributed by atoms with E-state index >= 15 is 0 Å². The van der Waals surface area contributed by atoms with Gasteiger partial charge in [-0.15, -0.1) is 0 Å². The summed E-state index contributed by atoms with van der Waals surface area (Å²) in [5, 5.41) is 11.4. The third-order valence-corrected chi connectivity index (χ3v) is 4.93. The molecule has 1 atom stereocenters. The molecule has 25 heavy (non-hydrogen) atoms. The van der Waals surface area contributed by atoms with Crippen LogP contribution in [0.3, 0.4) is 0 Å². The minimum absolute atomic E-state index is 0.0497. The van der Waals surface area contributed by atoms with E-state index in [4.69, 9.17) is 0 Å². The molecule has 1 aliphatic heterocycles. The number of rotatable bonds is 5. The molecule has 0 bridgehead atoms. The van der Waals surface area contributed by atoms with E-state index in [0.29, 0.717) is 16.3 Å². The van der Waals surface area contributed by atoms with Gasteiger partial charge in [-0.3, -0.25) is 4.79 Å². The molecule has 3 rings (SSSR count). The van der Waals surface area contributed by atoms with E-state index in [0.717, 1.165) is 38.9 Å². The van der Waals surface area contributed by atoms with Crippen LogP contribution in [0.2, 0.25) is 0 Å². The van der Waals surface area contributed by atoms with E-state index in [1.807, 2.05) is 11.0 Å². The van der Waals surface area contributed by atoms with Gasteiger partial charge in [0.1, 0.15) is 5.56 Å². The fourth-order valence-corrected chi connectivity index (χ4v) is 3.40. The molecule has 132 valence electrons. The third-order valence-electron chi connectivity index (χ3n) is 4.93. The number of pyridine rings is 1. The SMILES string of the molecule is CN(CCc1ccccc1)C1CCCN(C(=O)c2ccc[n+]([O-])c2)C1. The first-order chi connectivity index (χ1) is 12.1. The molecule has 5 nitrogen and oxygen atoms in total. The zero-order valence-corrected chi connectivity index (χ0v) is 14.7. The van der Waals surface area contributed by atoms with Crippen molar-refractivity contribution in [2.24, 2.45) is 0 Å². The van der Waals surface area contributed by atoms with Crippen molar-refractivity contribution < 1.29 is 9.52 Å². The number of hydrogen-bond donors (Lipinski definition) is 0. The zero-order valence-electron chi connectivity index (χ0n) is 14.7. The number of carbonyl (C=O) groups is 1. The van der Waals surface area contributed by atoms with Crippen molar-refractivity contribution in [1.82, 2.24) is 9.80 Å². The van der Waals surface area contributed by atoms with Crippen LogP contribution in [-0.2, 0) is 6.42 Å². The first-order valence-corrected chi connectivity index (χ1v) is 8.86. The number of benzene rings is 1. The molecule has 0 aliphatic carbocycles. The quantitative estimate of drug-likeness (QED) is 0.619. The molecule has 1 aromatic carbocycles. The van der Waals surface area contributed by atoms with Crippen LogP contribution in [0.25, 0.3) is 0 Å². The predicted molar refractivity (Wildman–Crippen MR) is 97.1 cm³/mol. The summed E-state index contributed by atoms with van der Waals surface area (Å²) in [6.07, 6.45) is 5.86. The van der Waals surface area contributed by atoms with E-state index in [9.17, 15) is 10.0 Å². The molecule has 0 spiro atoms. The molecule has 5 heteroatoms. The predicted octanol–water partition coefficient (Wildman–Crippen LogP) is 2.10. The number of aromatic nitrogens is 1. The second kappa shape index (κ2) is 8.12. The Labute approximate surface area is 149 Å². The molecule has 1 fully saturated rings. The van der Waals surface area contributed by atoms with E-state index in [2.05, 4.69) is 36.2 Å². The van der Waals surface area contributed by atoms with Gasteiger partial charge < -0.3 is 15.0 Å². The summed E-state index contributed by atoms with van der Waals surface area (Å²) in [7, 11) is 2.13. The Balaban J connectivity index is 1.57. The molecule has 1 saturated heterocycles. The maximum absolute atomic E-state index is 12.7. The second-order valence-electron chi connectivity index (χ2n) is 6.72. The lowest BCUT2D eigenvalue weighted by Gasteiger charge is -2.37. The van der Waals surface area contributed by atoms with Gasteiger partial charge in [-0.05, 0) is 37.9 Å². The maximum atomic E-state index is 12.7. The van der Waals surface area contributed by atoms with Gasteiger partial charge in [0.05, 0.1) is 0 Å². The van der Waals surface area contributed by atoms with Gasteiger partial charge >= 0.3 is 0 Å². The lowest BCUT2D eigenvalue weighted by Crippen LogP contribution is -2.49. The van der Waals surface area contributed by atoms with Gasteiger partial charge in [-0.2, -0.15) is 4.73 Å². The van der Waals surface area contributed by atoms with Crippen molar-refractivity contribution in [1.29, 1.82) is 0 Å². The van der Waals surface area contributed by atoms with Gasteiger partial charge in [0.2, 0.25) is 0 Å². The van der Waals surface area contributed by atoms with Crippen molar-refractivity contribution >= 4 is 5.91 Å². The van der Waals surface area contributed by atoms with Gasteiger partial charge in [0, 0.05) is 31.7 Å². The summed E-state index contributed by atoms with van der Waals surface area (Å²) < 4.78 is 0.681. The second-order valence-corrected chi connectivity index (χ2v) is 6.72. The molecule has 1 aliphatic rings. The lowest BCUT2D eigenvalue weighted by atomic mass is 10.0. The van der Waals surface area contributed by atoms with Crippen LogP contribution >= 0.6 is 0 Å². The van der Waals surface area contributed by atoms with Crippen LogP contribution in [0.15, 0.2) is 54.9 Å². The number of nitrogens with zero attached hydrogens (tertiary/aromatic N) is 3. The Morgan fingerprint density at radius 1 is 1.28 bits per heavy atom. The molecule has 0 saturated carbocycles. The summed E-state index contributed by atoms with van der Waals surface area (Å²) in [5.41, 5.74) is 1.80. The van der Waals surface area contributed by atoms with Crippen molar-refractivity contribution in [3.63, 3.8) is 0 Å². The molecular weight excluding hydrogens is 314 g/mol. The molecule has 1 amide bonds. The minimum Gasteiger partial charge on any atom is -0.619 e. The normalized spacial score (nSPS) is 17.7. The summed E-state index contributed by atoms with van der Waals surface area (Å²) in [6, 6.07) is 14.2. The van der Waals surface area contributed by atoms with Crippen molar-refractivity contribution in [2.75, 3.05) is 26.7 Å². The summed E-state index contributed by atoms with van der Waals surface area (Å²) in [4.78, 5) is 16.9. The van der Waals surface area contributed by atoms with Gasteiger partial charge in [0.15, 0.2) is 12.4 Å². The first kappa shape index (κ1) is 17.4. The highest BCUT2D eigenvalue weighted by Crippen LogP contribution is 2.17. The summed E-state index contributed by atoms with van der Waals surface area (Å²) in [6.45, 7) is 2.45. The average molecular weight is 339 g/mol. The minimum atomic E-state index is -0.0497. The Bertz CT molecular complexity index is 705. The molecule has 1 aromatic heterocycles. The van der Waals surface area contributed by atoms with Crippen LogP contribution in [0, 0.1) is 5.21 Å². The van der Waals surface area contributed by atoms with Crippen molar-refractivity contribution in [2.45, 2.75) is 25.3 Å². The highest BCUT2D eigenvalue weighted by Gasteiger charge is 2.27. The van der Waals surface area contributed by atoms with Crippen LogP contribution in [-0.4, -0.2) is 48.4 Å². The summed E-state index contributed by atoms with van der Waals surface area (Å²) >= 11 is 0. The fourth-order valence-electron chi connectivity index (χ4n) is 3.40. The average Bonchev–Trinajstić information content (AvgIpc) is 2.66. The van der Waals surface area contributed by atoms with E-state index in [1.54, 1.807) is 12.1 Å². The molecule has 0 radical (unpaired) electrons. The zero-order chi connectivity index (χ0) is 17.6. The Morgan fingerprint density at radius 2 is 2.08 bits per heavy atom. The van der Waals surface area contributed by atoms with Gasteiger partial charge in [0.25, 0.3) is 5.91 Å². The number of carbonyl (C=O) groups excluding carboxylic acids is 1. The molecule has 2 heterocycles. The topological polar surface area (TPSA) is 50.5 Å². The highest BCUT2D eigenvalue weighted by atomic mass is 16.5. The number of amides is 1. The van der Waals surface area contributed by atoms with Crippen molar-refractivity contribution in [3.05, 3.63) is 71.2 Å². The van der Waals surface area contributed by atoms with Gasteiger partial charge in [-0.1, -0.05) is 30.3 Å². The number of piperidine rings is 1. The van der Waals surface area contributed by atoms with Gasteiger partial charge in [-0.25, -0.2) is 0 Å². The first-order valence-electron chi connectivity index (χ1n) is 8.86. The number of likely N-dealkylation sites (tertiary alicyclic amines) is 1. The maximum Gasteiger partial charge on any atom is 0.260 e. The van der Waals surface area contributed by atoms with Crippen LogP contribution in [0.5, 0.6) is 0 Å². The van der Waals surface area contributed by atoms with E-state index in [1.165, 1.54) is 18.0 Å². The number of likely N-dealkylation sites (N-methyl/N-ethyl adjacent to an activating group) is 1. The Hall–Kier alpha value is -2.40. The smallest absolute Gasteiger partial charge is 0.260 e. The van der Waals surface area contributed by atoms with Crippen LogP contribution in [0.4, 0.5) is 0 Å². The van der Waals surface area contributed by atoms with Crippen LogP contribution < -0.4 is 4.73 Å². The molecule has 2 aromatic rings. The standard InChI is InChI=1S/C20H25N3O2/c1-21(14-11-17-7-3-2-4-8-17)19-10-6-12-22(16-19)20(24)18-9-5-13-23(25)15-18/h2-5,7-9,13,15,19H,6,10-12,14,16H2,1H3. The van der Waals surface area contributed by atoms with Crippen molar-refractivity contribution in [3.8, 4) is 0 Å². The summed E-state index contributed by atoms with van der Waals surface area (Å²) in [5.74, 6) is -0.0497. The molecule has 0 N–H and O–H groups in total. The Kier molecular flexibility index (Phi) is 5.66. The fraction of sp³-hybridized carbons (Fsp3) is 0.400. The molecular formula is C20H25N3O2. The highest BCUT2D eigenvalue weighted by molar-refractivity contribution is 5.93. The number of hydrogen-bond acceptors (Lipinski definition) is 3. The van der Waals surface area contributed by atoms with E-state index in [-0.39, 0.29) is 5.91 Å².